The first-order chi connectivity index (χ1) is 3.78. The standard InChI is InChI=1S/C5H15O3P.BH3/c1-4-9(6,7,8)5(2)3;/h5-8H,4H2,1-3H3;1H3. The molecule has 3 N–H and O–H groups in total. The van der Waals surface area contributed by atoms with Crippen molar-refractivity contribution in [2.24, 2.45) is 0 Å². The average molecular weight is 168 g/mol. The van der Waals surface area contributed by atoms with Gasteiger partial charge in [0.15, 0.2) is 0 Å². The summed E-state index contributed by atoms with van der Waals surface area (Å²) in [5, 5.41) is 0. The van der Waals surface area contributed by atoms with Crippen LogP contribution in [0.5, 0.6) is 0 Å². The molecule has 0 aromatic rings. The maximum atomic E-state index is 9.11. The molecular weight excluding hydrogens is 150 g/mol. The molecule has 0 saturated carbocycles. The summed E-state index contributed by atoms with van der Waals surface area (Å²) in [7, 11) is -4.21. The van der Waals surface area contributed by atoms with Gasteiger partial charge in [0.25, 0.3) is 0 Å². The third-order valence-electron chi connectivity index (χ3n) is 1.66. The van der Waals surface area contributed by atoms with Crippen molar-refractivity contribution < 1.29 is 14.7 Å². The number of hydrogen-bond acceptors (Lipinski definition) is 3. The van der Waals surface area contributed by atoms with Crippen LogP contribution in [0.4, 0.5) is 0 Å². The number of hydrogen-bond donors (Lipinski definition) is 3. The molecule has 3 nitrogen and oxygen atoms in total. The zero-order valence-electron chi connectivity index (χ0n) is 6.07. The van der Waals surface area contributed by atoms with Gasteiger partial charge in [-0.1, -0.05) is 0 Å². The van der Waals surface area contributed by atoms with Crippen LogP contribution >= 0.6 is 7.28 Å². The van der Waals surface area contributed by atoms with E-state index >= 15 is 0 Å². The van der Waals surface area contributed by atoms with Crippen LogP contribution in [0, 0.1) is 0 Å². The first-order valence-corrected chi connectivity index (χ1v) is 5.39. The minimum absolute atomic E-state index is 0. The summed E-state index contributed by atoms with van der Waals surface area (Å²) in [5.41, 5.74) is -0.444. The normalized spacial score (nSPS) is 15.7. The first kappa shape index (κ1) is 13.0. The zero-order chi connectivity index (χ0) is 7.73. The molecular formula is C5H18BO3P. The van der Waals surface area contributed by atoms with Gasteiger partial charge in [-0.05, 0) is 0 Å². The number of rotatable bonds is 2. The van der Waals surface area contributed by atoms with Crippen molar-refractivity contribution >= 4 is 15.7 Å². The predicted molar refractivity (Wildman–Crippen MR) is 49.2 cm³/mol. The Bertz CT molecular complexity index is 107. The van der Waals surface area contributed by atoms with E-state index in [0.717, 1.165) is 0 Å². The summed E-state index contributed by atoms with van der Waals surface area (Å²) < 4.78 is 0. The van der Waals surface area contributed by atoms with Crippen LogP contribution in [0.25, 0.3) is 0 Å². The summed E-state index contributed by atoms with van der Waals surface area (Å²) >= 11 is 0. The summed E-state index contributed by atoms with van der Waals surface area (Å²) in [5.74, 6) is 0. The van der Waals surface area contributed by atoms with Crippen LogP contribution in [0.15, 0.2) is 0 Å². The molecule has 64 valence electrons. The molecule has 0 heterocycles. The minimum atomic E-state index is -4.21. The fourth-order valence-corrected chi connectivity index (χ4v) is 1.10. The molecule has 0 aliphatic rings. The van der Waals surface area contributed by atoms with Gasteiger partial charge in [-0.3, -0.25) is 0 Å². The molecule has 0 amide bonds. The summed E-state index contributed by atoms with van der Waals surface area (Å²) in [6, 6.07) is 0. The Kier molecular flexibility index (Phi) is 4.14. The molecule has 0 aromatic carbocycles. The van der Waals surface area contributed by atoms with Gasteiger partial charge in [-0.2, -0.15) is 0 Å². The van der Waals surface area contributed by atoms with Crippen molar-refractivity contribution in [2.45, 2.75) is 26.4 Å². The average Bonchev–Trinajstić information content (AvgIpc) is 1.66. The SMILES string of the molecule is B.CCP(O)(O)(O)C(C)C. The van der Waals surface area contributed by atoms with Crippen molar-refractivity contribution in [3.63, 3.8) is 0 Å². The molecule has 0 aromatic heterocycles. The molecule has 0 atom stereocenters. The van der Waals surface area contributed by atoms with Crippen molar-refractivity contribution in [3.05, 3.63) is 0 Å². The van der Waals surface area contributed by atoms with E-state index in [1.165, 1.54) is 0 Å². The van der Waals surface area contributed by atoms with Crippen molar-refractivity contribution in [1.82, 2.24) is 0 Å². The fourth-order valence-electron chi connectivity index (χ4n) is 0.365. The van der Waals surface area contributed by atoms with E-state index in [9.17, 15) is 0 Å². The molecule has 10 heavy (non-hydrogen) atoms. The summed E-state index contributed by atoms with van der Waals surface area (Å²) in [4.78, 5) is 27.3. The van der Waals surface area contributed by atoms with E-state index in [4.69, 9.17) is 14.7 Å². The molecule has 0 fully saturated rings. The van der Waals surface area contributed by atoms with Crippen molar-refractivity contribution in [2.75, 3.05) is 6.16 Å². The fraction of sp³-hybridized carbons (Fsp3) is 1.00. The quantitative estimate of drug-likeness (QED) is 0.385. The van der Waals surface area contributed by atoms with Gasteiger partial charge in [-0.15, -0.1) is 0 Å². The first-order valence-electron chi connectivity index (χ1n) is 3.04. The van der Waals surface area contributed by atoms with E-state index in [-0.39, 0.29) is 14.6 Å². The summed E-state index contributed by atoms with van der Waals surface area (Å²) in [6.07, 6.45) is 0.0449. The van der Waals surface area contributed by atoms with Gasteiger partial charge < -0.3 is 0 Å². The second kappa shape index (κ2) is 3.18. The Morgan fingerprint density at radius 2 is 1.50 bits per heavy atom. The molecule has 0 spiro atoms. The van der Waals surface area contributed by atoms with Crippen LogP contribution in [0.3, 0.4) is 0 Å². The maximum absolute atomic E-state index is 9.11. The van der Waals surface area contributed by atoms with Crippen LogP contribution in [0.2, 0.25) is 0 Å². The van der Waals surface area contributed by atoms with E-state index in [0.29, 0.717) is 0 Å². The van der Waals surface area contributed by atoms with Gasteiger partial charge in [-0.25, -0.2) is 0 Å². The molecule has 0 aliphatic carbocycles. The molecule has 0 aliphatic heterocycles. The Morgan fingerprint density at radius 3 is 1.50 bits per heavy atom. The van der Waals surface area contributed by atoms with E-state index in [1.807, 2.05) is 0 Å². The van der Waals surface area contributed by atoms with Crippen molar-refractivity contribution in [3.8, 4) is 0 Å². The third kappa shape index (κ3) is 2.97. The Hall–Kier alpha value is 0.375. The summed E-state index contributed by atoms with van der Waals surface area (Å²) in [6.45, 7) is 4.76. The second-order valence-electron chi connectivity index (χ2n) is 2.63. The van der Waals surface area contributed by atoms with Gasteiger partial charge in [0.05, 0.1) is 8.41 Å². The topological polar surface area (TPSA) is 60.7 Å². The van der Waals surface area contributed by atoms with Gasteiger partial charge in [0.1, 0.15) is 0 Å². The van der Waals surface area contributed by atoms with E-state index < -0.39 is 12.9 Å². The predicted octanol–water partition coefficient (Wildman–Crippen LogP) is -0.494. The van der Waals surface area contributed by atoms with Gasteiger partial charge >= 0.3 is 54.6 Å². The molecule has 0 unspecified atom stereocenters. The van der Waals surface area contributed by atoms with Crippen LogP contribution < -0.4 is 0 Å². The van der Waals surface area contributed by atoms with Crippen LogP contribution in [-0.4, -0.2) is 34.9 Å². The monoisotopic (exact) mass is 168 g/mol. The Balaban J connectivity index is 0. The van der Waals surface area contributed by atoms with Crippen LogP contribution in [-0.2, 0) is 0 Å². The van der Waals surface area contributed by atoms with Crippen molar-refractivity contribution in [1.29, 1.82) is 0 Å². The Morgan fingerprint density at radius 1 is 1.20 bits per heavy atom. The van der Waals surface area contributed by atoms with E-state index in [2.05, 4.69) is 0 Å². The molecule has 0 radical (unpaired) electrons. The van der Waals surface area contributed by atoms with E-state index in [1.54, 1.807) is 20.8 Å². The van der Waals surface area contributed by atoms with Gasteiger partial charge in [0, 0.05) is 0 Å². The molecule has 0 bridgehead atoms. The second-order valence-corrected chi connectivity index (χ2v) is 6.74. The molecule has 0 saturated heterocycles. The van der Waals surface area contributed by atoms with Crippen LogP contribution in [0.1, 0.15) is 20.8 Å². The Labute approximate surface area is 63.8 Å². The molecule has 0 rings (SSSR count). The third-order valence-corrected chi connectivity index (χ3v) is 4.99. The zero-order valence-corrected chi connectivity index (χ0v) is 6.97. The van der Waals surface area contributed by atoms with Gasteiger partial charge in [0.2, 0.25) is 0 Å². The molecule has 5 heteroatoms.